The molecule has 6 rings (SSSR count). The third kappa shape index (κ3) is 2.19. The molecule has 2 bridgehead atoms. The van der Waals surface area contributed by atoms with E-state index in [1.807, 2.05) is 13.0 Å². The van der Waals surface area contributed by atoms with Crippen molar-refractivity contribution in [1.29, 1.82) is 0 Å². The van der Waals surface area contributed by atoms with Crippen molar-refractivity contribution >= 4 is 35.0 Å². The van der Waals surface area contributed by atoms with Gasteiger partial charge in [-0.25, -0.2) is 0 Å². The van der Waals surface area contributed by atoms with E-state index < -0.39 is 0 Å². The summed E-state index contributed by atoms with van der Waals surface area (Å²) < 4.78 is 0. The molecule has 6 heteroatoms. The van der Waals surface area contributed by atoms with Crippen molar-refractivity contribution in [3.63, 3.8) is 0 Å². The number of allylic oxidation sites excluding steroid dienone is 2. The molecule has 1 aromatic carbocycles. The van der Waals surface area contributed by atoms with E-state index in [0.717, 1.165) is 16.9 Å². The quantitative estimate of drug-likeness (QED) is 0.657. The molecule has 1 saturated heterocycles. The highest BCUT2D eigenvalue weighted by Crippen LogP contribution is 2.65. The molecule has 2 saturated carbocycles. The molecule has 6 atom stereocenters. The van der Waals surface area contributed by atoms with E-state index in [0.29, 0.717) is 22.5 Å². The Morgan fingerprint density at radius 1 is 1.15 bits per heavy atom. The molecule has 1 N–H and O–H groups in total. The van der Waals surface area contributed by atoms with Crippen LogP contribution in [-0.4, -0.2) is 29.2 Å². The van der Waals surface area contributed by atoms with Gasteiger partial charge in [0.15, 0.2) is 0 Å². The summed E-state index contributed by atoms with van der Waals surface area (Å²) in [6.45, 7) is 1.65. The van der Waals surface area contributed by atoms with Gasteiger partial charge in [-0.05, 0) is 54.7 Å². The van der Waals surface area contributed by atoms with Crippen molar-refractivity contribution in [1.82, 2.24) is 4.90 Å². The lowest BCUT2D eigenvalue weighted by molar-refractivity contribution is -0.142. The van der Waals surface area contributed by atoms with Gasteiger partial charge in [-0.15, -0.1) is 0 Å². The summed E-state index contributed by atoms with van der Waals surface area (Å²) in [5.74, 6) is 0.217. The zero-order chi connectivity index (χ0) is 18.2. The van der Waals surface area contributed by atoms with E-state index in [9.17, 15) is 14.4 Å². The first-order valence-corrected chi connectivity index (χ1v) is 9.43. The minimum absolute atomic E-state index is 0.176. The number of imide groups is 1. The fourth-order valence-corrected chi connectivity index (χ4v) is 5.37. The highest BCUT2D eigenvalue weighted by Gasteiger charge is 2.67. The molecular weight excluding hydrogens is 352 g/mol. The molecule has 4 aliphatic carbocycles. The van der Waals surface area contributed by atoms with Gasteiger partial charge in [-0.2, -0.15) is 0 Å². The number of benzene rings is 1. The van der Waals surface area contributed by atoms with Gasteiger partial charge in [0.25, 0.3) is 0 Å². The van der Waals surface area contributed by atoms with Crippen LogP contribution in [0.5, 0.6) is 0 Å². The second kappa shape index (κ2) is 5.43. The highest BCUT2D eigenvalue weighted by molar-refractivity contribution is 6.31. The maximum atomic E-state index is 12.9. The lowest BCUT2D eigenvalue weighted by Gasteiger charge is -2.37. The molecule has 0 unspecified atom stereocenters. The molecule has 1 aromatic rings. The SMILES string of the molecule is Cc1ccc(NC(=O)CN2C(=O)[C@@H]3[C@H]4C=C[C@@H]([C@@H]5C[C@H]45)[C@H]3C2=O)cc1Cl. The van der Waals surface area contributed by atoms with Crippen LogP contribution in [0.1, 0.15) is 12.0 Å². The summed E-state index contributed by atoms with van der Waals surface area (Å²) in [6.07, 6.45) is 5.39. The van der Waals surface area contributed by atoms with Crippen molar-refractivity contribution in [2.45, 2.75) is 13.3 Å². The predicted molar refractivity (Wildman–Crippen MR) is 96.2 cm³/mol. The molecule has 26 heavy (non-hydrogen) atoms. The van der Waals surface area contributed by atoms with Crippen LogP contribution >= 0.6 is 11.6 Å². The zero-order valence-electron chi connectivity index (χ0n) is 14.3. The Morgan fingerprint density at radius 2 is 1.77 bits per heavy atom. The lowest BCUT2D eigenvalue weighted by Crippen LogP contribution is -2.40. The second-order valence-corrected chi connectivity index (χ2v) is 8.34. The van der Waals surface area contributed by atoms with Crippen LogP contribution in [0.25, 0.3) is 0 Å². The Morgan fingerprint density at radius 3 is 2.35 bits per heavy atom. The topological polar surface area (TPSA) is 66.5 Å². The van der Waals surface area contributed by atoms with Crippen LogP contribution < -0.4 is 5.32 Å². The zero-order valence-corrected chi connectivity index (χ0v) is 15.1. The van der Waals surface area contributed by atoms with E-state index in [1.165, 1.54) is 0 Å². The van der Waals surface area contributed by atoms with Crippen LogP contribution in [0.2, 0.25) is 5.02 Å². The Hall–Kier alpha value is -2.14. The van der Waals surface area contributed by atoms with Gasteiger partial charge in [-0.3, -0.25) is 19.3 Å². The summed E-state index contributed by atoms with van der Waals surface area (Å²) in [7, 11) is 0. The summed E-state index contributed by atoms with van der Waals surface area (Å²) in [5, 5.41) is 3.29. The monoisotopic (exact) mass is 370 g/mol. The average Bonchev–Trinajstić information content (AvgIpc) is 3.39. The van der Waals surface area contributed by atoms with Gasteiger partial charge in [0.1, 0.15) is 6.54 Å². The predicted octanol–water partition coefficient (Wildman–Crippen LogP) is 2.64. The number of anilines is 1. The van der Waals surface area contributed by atoms with Gasteiger partial charge in [0.2, 0.25) is 17.7 Å². The van der Waals surface area contributed by atoms with Crippen LogP contribution in [-0.2, 0) is 14.4 Å². The lowest BCUT2D eigenvalue weighted by atomic mass is 9.63. The number of nitrogens with zero attached hydrogens (tertiary/aromatic N) is 1. The van der Waals surface area contributed by atoms with Crippen LogP contribution in [0.4, 0.5) is 5.69 Å². The fraction of sp³-hybridized carbons (Fsp3) is 0.450. The number of rotatable bonds is 3. The summed E-state index contributed by atoms with van der Waals surface area (Å²) >= 11 is 6.08. The number of halogens is 1. The van der Waals surface area contributed by atoms with Crippen LogP contribution in [0.15, 0.2) is 30.4 Å². The van der Waals surface area contributed by atoms with E-state index in [2.05, 4.69) is 17.5 Å². The highest BCUT2D eigenvalue weighted by atomic mass is 35.5. The standard InChI is InChI=1S/C20H19ClN2O3/c1-9-2-3-10(6-15(9)21)22-16(24)8-23-19(25)17-11-4-5-12(14-7-13(11)14)18(17)20(23)26/h2-6,11-14,17-18H,7-8H2,1H3,(H,22,24)/t11-,12-,13-,14+,17+,18+/m0/s1. The number of carbonyl (C=O) groups excluding carboxylic acids is 3. The molecule has 3 fully saturated rings. The molecule has 0 spiro atoms. The molecular formula is C20H19ClN2O3. The van der Waals surface area contributed by atoms with Gasteiger partial charge in [0.05, 0.1) is 11.8 Å². The molecule has 3 amide bonds. The summed E-state index contributed by atoms with van der Waals surface area (Å²) in [5.41, 5.74) is 1.48. The molecule has 5 aliphatic rings. The number of aryl methyl sites for hydroxylation is 1. The smallest absolute Gasteiger partial charge is 0.244 e. The van der Waals surface area contributed by atoms with Gasteiger partial charge in [-0.1, -0.05) is 29.8 Å². The molecule has 0 aromatic heterocycles. The van der Waals surface area contributed by atoms with Crippen molar-refractivity contribution in [3.8, 4) is 0 Å². The first-order chi connectivity index (χ1) is 12.5. The number of hydrogen-bond acceptors (Lipinski definition) is 3. The minimum Gasteiger partial charge on any atom is -0.324 e. The molecule has 1 heterocycles. The number of likely N-dealkylation sites (tertiary alicyclic amines) is 1. The van der Waals surface area contributed by atoms with Gasteiger partial charge < -0.3 is 5.32 Å². The fourth-order valence-electron chi connectivity index (χ4n) is 5.19. The van der Waals surface area contributed by atoms with Crippen molar-refractivity contribution < 1.29 is 14.4 Å². The number of amides is 3. The molecule has 5 nitrogen and oxygen atoms in total. The average molecular weight is 371 g/mol. The van der Waals surface area contributed by atoms with E-state index in [-0.39, 0.29) is 47.9 Å². The first-order valence-electron chi connectivity index (χ1n) is 9.05. The maximum absolute atomic E-state index is 12.9. The van der Waals surface area contributed by atoms with Crippen LogP contribution in [0.3, 0.4) is 0 Å². The molecule has 134 valence electrons. The first kappa shape index (κ1) is 16.1. The van der Waals surface area contributed by atoms with E-state index >= 15 is 0 Å². The summed E-state index contributed by atoms with van der Waals surface area (Å²) in [6, 6.07) is 5.23. The van der Waals surface area contributed by atoms with Crippen molar-refractivity contribution in [2.24, 2.45) is 35.5 Å². The largest absolute Gasteiger partial charge is 0.324 e. The number of hydrogen-bond donors (Lipinski definition) is 1. The third-order valence-electron chi connectivity index (χ3n) is 6.51. The van der Waals surface area contributed by atoms with E-state index in [4.69, 9.17) is 11.6 Å². The second-order valence-electron chi connectivity index (χ2n) is 7.93. The Balaban J connectivity index is 1.32. The Kier molecular flexibility index (Phi) is 3.35. The van der Waals surface area contributed by atoms with E-state index in [1.54, 1.807) is 12.1 Å². The van der Waals surface area contributed by atoms with Crippen molar-refractivity contribution in [2.75, 3.05) is 11.9 Å². The normalized spacial score (nSPS) is 36.2. The van der Waals surface area contributed by atoms with Gasteiger partial charge >= 0.3 is 0 Å². The minimum atomic E-state index is -0.379. The molecule has 1 aliphatic heterocycles. The Bertz CT molecular complexity index is 844. The number of nitrogens with one attached hydrogen (secondary N) is 1. The number of carbonyl (C=O) groups is 3. The molecule has 0 radical (unpaired) electrons. The summed E-state index contributed by atoms with van der Waals surface area (Å²) in [4.78, 5) is 39.3. The maximum Gasteiger partial charge on any atom is 0.244 e. The third-order valence-corrected chi connectivity index (χ3v) is 6.92. The van der Waals surface area contributed by atoms with Gasteiger partial charge in [0, 0.05) is 10.7 Å². The van der Waals surface area contributed by atoms with Crippen molar-refractivity contribution in [3.05, 3.63) is 40.9 Å². The Labute approximate surface area is 156 Å². The van der Waals surface area contributed by atoms with Crippen LogP contribution in [0, 0.1) is 42.4 Å².